The zero-order valence-electron chi connectivity index (χ0n) is 14.2. The van der Waals surface area contributed by atoms with E-state index in [4.69, 9.17) is 5.10 Å². The lowest BCUT2D eigenvalue weighted by atomic mass is 10.2. The minimum atomic E-state index is 0.378. The van der Waals surface area contributed by atoms with Crippen LogP contribution in [0.15, 0.2) is 30.6 Å². The van der Waals surface area contributed by atoms with Crippen LogP contribution >= 0.6 is 0 Å². The fourth-order valence-corrected chi connectivity index (χ4v) is 3.46. The second-order valence-electron chi connectivity index (χ2n) is 6.84. The van der Waals surface area contributed by atoms with E-state index in [1.807, 2.05) is 22.7 Å². The maximum Gasteiger partial charge on any atom is 0.225 e. The quantitative estimate of drug-likeness (QED) is 0.715. The zero-order valence-corrected chi connectivity index (χ0v) is 14.2. The van der Waals surface area contributed by atoms with E-state index < -0.39 is 0 Å². The van der Waals surface area contributed by atoms with Crippen LogP contribution in [0, 0.1) is 0 Å². The highest BCUT2D eigenvalue weighted by Crippen LogP contribution is 2.38. The molecule has 2 fully saturated rings. The molecule has 1 saturated carbocycles. The van der Waals surface area contributed by atoms with Gasteiger partial charge in [0.15, 0.2) is 11.5 Å². The lowest BCUT2D eigenvalue weighted by Gasteiger charge is -2.24. The molecule has 8 nitrogen and oxygen atoms in total. The van der Waals surface area contributed by atoms with Crippen molar-refractivity contribution in [3.05, 3.63) is 36.4 Å². The van der Waals surface area contributed by atoms with E-state index in [1.165, 1.54) is 12.8 Å². The smallest absolute Gasteiger partial charge is 0.225 e. The van der Waals surface area contributed by atoms with E-state index in [1.54, 1.807) is 12.4 Å². The monoisotopic (exact) mass is 336 g/mol. The van der Waals surface area contributed by atoms with Gasteiger partial charge in [-0.3, -0.25) is 0 Å². The van der Waals surface area contributed by atoms with Gasteiger partial charge in [-0.15, -0.1) is 15.3 Å². The molecular formula is C17H20N8. The molecule has 1 atom stereocenters. The summed E-state index contributed by atoms with van der Waals surface area (Å²) in [5.74, 6) is 3.29. The Labute approximate surface area is 145 Å². The van der Waals surface area contributed by atoms with Crippen molar-refractivity contribution in [2.75, 3.05) is 29.9 Å². The number of hydrogen-bond donors (Lipinski definition) is 0. The van der Waals surface area contributed by atoms with Crippen LogP contribution in [0.25, 0.3) is 5.65 Å². The molecular weight excluding hydrogens is 316 g/mol. The molecule has 0 bridgehead atoms. The number of likely N-dealkylation sites (N-methyl/N-ethyl adjacent to an activating group) is 1. The predicted molar refractivity (Wildman–Crippen MR) is 93.8 cm³/mol. The summed E-state index contributed by atoms with van der Waals surface area (Å²) in [6, 6.07) is 6.28. The van der Waals surface area contributed by atoms with Crippen molar-refractivity contribution < 1.29 is 0 Å². The van der Waals surface area contributed by atoms with Crippen LogP contribution in [0.4, 0.5) is 11.8 Å². The van der Waals surface area contributed by atoms with Crippen LogP contribution in [-0.4, -0.2) is 56.0 Å². The van der Waals surface area contributed by atoms with E-state index in [0.29, 0.717) is 12.0 Å². The van der Waals surface area contributed by atoms with Crippen LogP contribution in [-0.2, 0) is 0 Å². The molecule has 3 aromatic heterocycles. The molecule has 3 aromatic rings. The van der Waals surface area contributed by atoms with Crippen molar-refractivity contribution in [2.24, 2.45) is 0 Å². The van der Waals surface area contributed by atoms with Crippen LogP contribution in [0.2, 0.25) is 0 Å². The Bertz CT molecular complexity index is 888. The highest BCUT2D eigenvalue weighted by molar-refractivity contribution is 5.48. The standard InChI is InChI=1S/C17H20N8/c1-23(17-18-8-2-9-19-17)13-7-10-24(11-13)15-6-5-14-20-21-16(12-3-4-12)25(14)22-15/h2,5-6,8-9,12-13H,3-4,7,10-11H2,1H3. The Morgan fingerprint density at radius 1 is 1.08 bits per heavy atom. The number of aromatic nitrogens is 6. The Morgan fingerprint density at radius 3 is 2.72 bits per heavy atom. The van der Waals surface area contributed by atoms with E-state index >= 15 is 0 Å². The average molecular weight is 336 g/mol. The van der Waals surface area contributed by atoms with E-state index in [0.717, 1.165) is 42.7 Å². The van der Waals surface area contributed by atoms with Gasteiger partial charge in [0, 0.05) is 38.4 Å². The van der Waals surface area contributed by atoms with Crippen molar-refractivity contribution in [1.82, 2.24) is 29.8 Å². The maximum atomic E-state index is 4.81. The van der Waals surface area contributed by atoms with Crippen LogP contribution in [0.3, 0.4) is 0 Å². The molecule has 8 heteroatoms. The lowest BCUT2D eigenvalue weighted by molar-refractivity contribution is 0.673. The molecule has 1 aliphatic heterocycles. The fraction of sp³-hybridized carbons (Fsp3) is 0.471. The summed E-state index contributed by atoms with van der Waals surface area (Å²) in [5, 5.41) is 13.4. The van der Waals surface area contributed by atoms with Crippen molar-refractivity contribution in [2.45, 2.75) is 31.2 Å². The third-order valence-corrected chi connectivity index (χ3v) is 5.12. The van der Waals surface area contributed by atoms with Crippen molar-refractivity contribution in [3.8, 4) is 0 Å². The van der Waals surface area contributed by atoms with Crippen molar-refractivity contribution >= 4 is 17.4 Å². The lowest BCUT2D eigenvalue weighted by Crippen LogP contribution is -2.35. The molecule has 25 heavy (non-hydrogen) atoms. The van der Waals surface area contributed by atoms with Crippen molar-refractivity contribution in [3.63, 3.8) is 0 Å². The zero-order chi connectivity index (χ0) is 16.8. The summed E-state index contributed by atoms with van der Waals surface area (Å²) in [6.45, 7) is 1.88. The molecule has 0 aromatic carbocycles. The topological polar surface area (TPSA) is 75.3 Å². The Kier molecular flexibility index (Phi) is 3.29. The van der Waals surface area contributed by atoms with Gasteiger partial charge < -0.3 is 9.80 Å². The van der Waals surface area contributed by atoms with Gasteiger partial charge in [0.1, 0.15) is 5.82 Å². The molecule has 4 heterocycles. The predicted octanol–water partition coefficient (Wildman–Crippen LogP) is 1.51. The number of anilines is 2. The molecule has 1 unspecified atom stereocenters. The first kappa shape index (κ1) is 14.6. The number of hydrogen-bond acceptors (Lipinski definition) is 7. The third kappa shape index (κ3) is 2.57. The van der Waals surface area contributed by atoms with Crippen LogP contribution in [0.5, 0.6) is 0 Å². The van der Waals surface area contributed by atoms with Crippen molar-refractivity contribution in [1.29, 1.82) is 0 Å². The fourth-order valence-electron chi connectivity index (χ4n) is 3.46. The third-order valence-electron chi connectivity index (χ3n) is 5.12. The van der Waals surface area contributed by atoms with Gasteiger partial charge in [0.2, 0.25) is 5.95 Å². The Balaban J connectivity index is 1.37. The molecule has 1 saturated heterocycles. The van der Waals surface area contributed by atoms with Gasteiger partial charge in [-0.1, -0.05) is 0 Å². The minimum absolute atomic E-state index is 0.378. The summed E-state index contributed by atoms with van der Waals surface area (Å²) in [4.78, 5) is 13.2. The molecule has 1 aliphatic carbocycles. The van der Waals surface area contributed by atoms with Gasteiger partial charge in [0.05, 0.1) is 6.04 Å². The number of nitrogens with zero attached hydrogens (tertiary/aromatic N) is 8. The van der Waals surface area contributed by atoms with Gasteiger partial charge in [-0.05, 0) is 37.5 Å². The first-order valence-electron chi connectivity index (χ1n) is 8.77. The van der Waals surface area contributed by atoms with Crippen LogP contribution in [0.1, 0.15) is 31.0 Å². The Hall–Kier alpha value is -2.77. The summed E-state index contributed by atoms with van der Waals surface area (Å²) in [5.41, 5.74) is 0.830. The van der Waals surface area contributed by atoms with Gasteiger partial charge in [0.25, 0.3) is 0 Å². The average Bonchev–Trinajstić information content (AvgIpc) is 3.22. The molecule has 128 valence electrons. The molecule has 2 aliphatic rings. The normalized spacial score (nSPS) is 20.4. The Morgan fingerprint density at radius 2 is 1.92 bits per heavy atom. The maximum absolute atomic E-state index is 4.81. The summed E-state index contributed by atoms with van der Waals surface area (Å²) in [7, 11) is 2.06. The van der Waals surface area contributed by atoms with Crippen LogP contribution < -0.4 is 9.80 Å². The highest BCUT2D eigenvalue weighted by Gasteiger charge is 2.31. The van der Waals surface area contributed by atoms with E-state index in [-0.39, 0.29) is 0 Å². The largest absolute Gasteiger partial charge is 0.353 e. The summed E-state index contributed by atoms with van der Waals surface area (Å²) in [6.07, 6.45) is 7.02. The van der Waals surface area contributed by atoms with Gasteiger partial charge >= 0.3 is 0 Å². The first-order valence-corrected chi connectivity index (χ1v) is 8.77. The highest BCUT2D eigenvalue weighted by atomic mass is 15.4. The molecule has 0 amide bonds. The molecule has 5 rings (SSSR count). The molecule has 0 spiro atoms. The van der Waals surface area contributed by atoms with Gasteiger partial charge in [-0.25, -0.2) is 9.97 Å². The van der Waals surface area contributed by atoms with E-state index in [2.05, 4.69) is 37.0 Å². The minimum Gasteiger partial charge on any atom is -0.353 e. The number of fused-ring (bicyclic) bond motifs is 1. The van der Waals surface area contributed by atoms with Gasteiger partial charge in [-0.2, -0.15) is 4.52 Å². The summed E-state index contributed by atoms with van der Waals surface area (Å²) >= 11 is 0. The second-order valence-corrected chi connectivity index (χ2v) is 6.84. The SMILES string of the molecule is CN(c1ncccn1)C1CCN(c2ccc3nnc(C4CC4)n3n2)C1. The number of rotatable bonds is 4. The summed E-state index contributed by atoms with van der Waals surface area (Å²) < 4.78 is 1.92. The second kappa shape index (κ2) is 5.65. The molecule has 0 N–H and O–H groups in total. The molecule has 0 radical (unpaired) electrons. The van der Waals surface area contributed by atoms with E-state index in [9.17, 15) is 0 Å². The first-order chi connectivity index (χ1) is 12.3.